The SMILES string of the molecule is O[C@@H]1C=C(c2ccc(F)cc2)C[C@@]1(O)c1ccc(F)cc1. The summed E-state index contributed by atoms with van der Waals surface area (Å²) in [6.45, 7) is 0. The van der Waals surface area contributed by atoms with Gasteiger partial charge in [-0.15, -0.1) is 0 Å². The summed E-state index contributed by atoms with van der Waals surface area (Å²) < 4.78 is 25.9. The van der Waals surface area contributed by atoms with Crippen molar-refractivity contribution in [2.75, 3.05) is 0 Å². The van der Waals surface area contributed by atoms with E-state index < -0.39 is 17.5 Å². The quantitative estimate of drug-likeness (QED) is 0.892. The third-order valence-electron chi connectivity index (χ3n) is 3.87. The van der Waals surface area contributed by atoms with Crippen molar-refractivity contribution in [1.82, 2.24) is 0 Å². The molecule has 1 aliphatic rings. The lowest BCUT2D eigenvalue weighted by Gasteiger charge is -2.27. The summed E-state index contributed by atoms with van der Waals surface area (Å²) in [7, 11) is 0. The second kappa shape index (κ2) is 5.06. The first-order chi connectivity index (χ1) is 9.99. The minimum atomic E-state index is -1.49. The highest BCUT2D eigenvalue weighted by molar-refractivity contribution is 5.70. The van der Waals surface area contributed by atoms with Crippen molar-refractivity contribution in [3.05, 3.63) is 77.4 Å². The second-order valence-corrected chi connectivity index (χ2v) is 5.25. The van der Waals surface area contributed by atoms with Crippen LogP contribution in [0, 0.1) is 11.6 Å². The number of halogens is 2. The summed E-state index contributed by atoms with van der Waals surface area (Å²) >= 11 is 0. The van der Waals surface area contributed by atoms with Crippen molar-refractivity contribution in [3.8, 4) is 0 Å². The number of hydrogen-bond donors (Lipinski definition) is 2. The van der Waals surface area contributed by atoms with E-state index in [1.54, 1.807) is 18.2 Å². The zero-order valence-electron chi connectivity index (χ0n) is 11.1. The maximum absolute atomic E-state index is 13.0. The lowest BCUT2D eigenvalue weighted by molar-refractivity contribution is -0.0450. The molecule has 2 nitrogen and oxygen atoms in total. The summed E-state index contributed by atoms with van der Waals surface area (Å²) in [5.41, 5.74) is 0.435. The molecular weight excluding hydrogens is 274 g/mol. The van der Waals surface area contributed by atoms with Crippen molar-refractivity contribution in [2.24, 2.45) is 0 Å². The summed E-state index contributed by atoms with van der Waals surface area (Å²) in [6, 6.07) is 11.3. The molecule has 21 heavy (non-hydrogen) atoms. The van der Waals surface area contributed by atoms with Gasteiger partial charge in [0.1, 0.15) is 23.3 Å². The molecule has 2 atom stereocenters. The van der Waals surface area contributed by atoms with E-state index in [4.69, 9.17) is 0 Å². The molecule has 0 aliphatic heterocycles. The first-order valence-corrected chi connectivity index (χ1v) is 6.62. The van der Waals surface area contributed by atoms with Crippen molar-refractivity contribution in [3.63, 3.8) is 0 Å². The molecule has 0 bridgehead atoms. The fraction of sp³-hybridized carbons (Fsp3) is 0.176. The van der Waals surface area contributed by atoms with E-state index in [1.165, 1.54) is 36.4 Å². The van der Waals surface area contributed by atoms with Crippen LogP contribution in [0.4, 0.5) is 8.78 Å². The van der Waals surface area contributed by atoms with Crippen LogP contribution in [0.2, 0.25) is 0 Å². The van der Waals surface area contributed by atoms with Gasteiger partial charge in [-0.3, -0.25) is 0 Å². The zero-order valence-corrected chi connectivity index (χ0v) is 11.1. The fourth-order valence-corrected chi connectivity index (χ4v) is 2.66. The maximum atomic E-state index is 13.0. The topological polar surface area (TPSA) is 40.5 Å². The Labute approximate surface area is 121 Å². The Morgan fingerprint density at radius 1 is 0.905 bits per heavy atom. The predicted molar refractivity (Wildman–Crippen MR) is 75.3 cm³/mol. The van der Waals surface area contributed by atoms with E-state index >= 15 is 0 Å². The van der Waals surface area contributed by atoms with Crippen LogP contribution in [-0.2, 0) is 5.60 Å². The molecule has 108 valence electrons. The summed E-state index contributed by atoms with van der Waals surface area (Å²) in [5.74, 6) is -0.742. The number of benzene rings is 2. The Bertz CT molecular complexity index is 677. The number of rotatable bonds is 2. The Morgan fingerprint density at radius 2 is 1.43 bits per heavy atom. The molecule has 0 radical (unpaired) electrons. The van der Waals surface area contributed by atoms with Gasteiger partial charge in [-0.2, -0.15) is 0 Å². The molecule has 0 amide bonds. The third-order valence-corrected chi connectivity index (χ3v) is 3.87. The van der Waals surface area contributed by atoms with Gasteiger partial charge in [0, 0.05) is 6.42 Å². The minimum Gasteiger partial charge on any atom is -0.386 e. The van der Waals surface area contributed by atoms with Crippen LogP contribution in [0.5, 0.6) is 0 Å². The molecule has 2 N–H and O–H groups in total. The van der Waals surface area contributed by atoms with Gasteiger partial charge in [0.25, 0.3) is 0 Å². The lowest BCUT2D eigenvalue weighted by atomic mass is 9.88. The van der Waals surface area contributed by atoms with Gasteiger partial charge < -0.3 is 10.2 Å². The molecule has 0 heterocycles. The molecule has 3 rings (SSSR count). The second-order valence-electron chi connectivity index (χ2n) is 5.25. The highest BCUT2D eigenvalue weighted by atomic mass is 19.1. The molecule has 1 aliphatic carbocycles. The monoisotopic (exact) mass is 288 g/mol. The standard InChI is InChI=1S/C17H14F2O2/c18-14-5-1-11(2-6-14)12-9-16(20)17(21,10-12)13-3-7-15(19)8-4-13/h1-9,16,20-21H,10H2/t16-,17-/m1/s1. The van der Waals surface area contributed by atoms with E-state index in [1.807, 2.05) is 0 Å². The predicted octanol–water partition coefficient (Wildman–Crippen LogP) is 3.00. The van der Waals surface area contributed by atoms with Crippen molar-refractivity contribution in [2.45, 2.75) is 18.1 Å². The van der Waals surface area contributed by atoms with Crippen molar-refractivity contribution < 1.29 is 19.0 Å². The molecular formula is C17H14F2O2. The molecule has 0 unspecified atom stereocenters. The van der Waals surface area contributed by atoms with Gasteiger partial charge in [0.15, 0.2) is 0 Å². The van der Waals surface area contributed by atoms with Crippen LogP contribution in [-0.4, -0.2) is 16.3 Å². The van der Waals surface area contributed by atoms with Gasteiger partial charge in [-0.1, -0.05) is 24.3 Å². The Hall–Kier alpha value is -2.04. The molecule has 0 saturated carbocycles. The van der Waals surface area contributed by atoms with Gasteiger partial charge in [-0.05, 0) is 47.0 Å². The highest BCUT2D eigenvalue weighted by Gasteiger charge is 2.42. The lowest BCUT2D eigenvalue weighted by Crippen LogP contribution is -2.34. The maximum Gasteiger partial charge on any atom is 0.123 e. The third kappa shape index (κ3) is 2.48. The molecule has 0 spiro atoms. The average molecular weight is 288 g/mol. The molecule has 0 aromatic heterocycles. The van der Waals surface area contributed by atoms with Crippen molar-refractivity contribution >= 4 is 5.57 Å². The molecule has 4 heteroatoms. The molecule has 2 aromatic carbocycles. The van der Waals surface area contributed by atoms with Crippen LogP contribution >= 0.6 is 0 Å². The van der Waals surface area contributed by atoms with Crippen LogP contribution in [0.25, 0.3) is 5.57 Å². The van der Waals surface area contributed by atoms with Crippen LogP contribution < -0.4 is 0 Å². The summed E-state index contributed by atoms with van der Waals surface area (Å²) in [5, 5.41) is 20.9. The highest BCUT2D eigenvalue weighted by Crippen LogP contribution is 2.42. The number of aliphatic hydroxyl groups excluding tert-OH is 1. The van der Waals surface area contributed by atoms with E-state index in [9.17, 15) is 19.0 Å². The van der Waals surface area contributed by atoms with Gasteiger partial charge in [0.05, 0.1) is 0 Å². The smallest absolute Gasteiger partial charge is 0.123 e. The number of hydrogen-bond acceptors (Lipinski definition) is 2. The van der Waals surface area contributed by atoms with Crippen LogP contribution in [0.3, 0.4) is 0 Å². The summed E-state index contributed by atoms with van der Waals surface area (Å²) in [6.07, 6.45) is 0.644. The Balaban J connectivity index is 1.91. The zero-order chi connectivity index (χ0) is 15.0. The van der Waals surface area contributed by atoms with Crippen molar-refractivity contribution in [1.29, 1.82) is 0 Å². The Kier molecular flexibility index (Phi) is 3.35. The van der Waals surface area contributed by atoms with Gasteiger partial charge in [-0.25, -0.2) is 8.78 Å². The summed E-state index contributed by atoms with van der Waals surface area (Å²) in [4.78, 5) is 0. The average Bonchev–Trinajstić information content (AvgIpc) is 2.77. The van der Waals surface area contributed by atoms with Gasteiger partial charge in [0.2, 0.25) is 0 Å². The molecule has 0 fully saturated rings. The Morgan fingerprint density at radius 3 is 2.00 bits per heavy atom. The molecule has 2 aromatic rings. The van der Waals surface area contributed by atoms with E-state index in [0.29, 0.717) is 5.56 Å². The number of aliphatic hydroxyl groups is 2. The van der Waals surface area contributed by atoms with E-state index in [-0.39, 0.29) is 12.2 Å². The largest absolute Gasteiger partial charge is 0.386 e. The fourth-order valence-electron chi connectivity index (χ4n) is 2.66. The van der Waals surface area contributed by atoms with E-state index in [2.05, 4.69) is 0 Å². The normalized spacial score (nSPS) is 25.0. The van der Waals surface area contributed by atoms with Crippen LogP contribution in [0.1, 0.15) is 17.5 Å². The van der Waals surface area contributed by atoms with Gasteiger partial charge >= 0.3 is 0 Å². The van der Waals surface area contributed by atoms with E-state index in [0.717, 1.165) is 11.1 Å². The van der Waals surface area contributed by atoms with Crippen LogP contribution in [0.15, 0.2) is 54.6 Å². The first-order valence-electron chi connectivity index (χ1n) is 6.62. The first kappa shape index (κ1) is 13.9. The minimum absolute atomic E-state index is 0.186. The molecule has 0 saturated heterocycles.